The van der Waals surface area contributed by atoms with Gasteiger partial charge in [-0.25, -0.2) is 0 Å². The summed E-state index contributed by atoms with van der Waals surface area (Å²) in [5.41, 5.74) is 2.84. The number of fused-ring (bicyclic) bond motifs is 5. The third-order valence-electron chi connectivity index (χ3n) is 10.2. The molecule has 5 aliphatic heterocycles. The number of hydrogen-bond acceptors (Lipinski definition) is 7. The molecule has 7 rings (SSSR count). The minimum atomic E-state index is -2.01. The van der Waals surface area contributed by atoms with E-state index in [9.17, 15) is 19.5 Å². The highest BCUT2D eigenvalue weighted by Gasteiger charge is 2.72. The third kappa shape index (κ3) is 3.53. The Kier molecular flexibility index (Phi) is 5.85. The van der Waals surface area contributed by atoms with Crippen molar-refractivity contribution in [2.24, 2.45) is 28.7 Å². The number of likely N-dealkylation sites (N-methyl/N-ethyl adjacent to an activating group) is 1. The second-order valence-electron chi connectivity index (χ2n) is 13.3. The van der Waals surface area contributed by atoms with Crippen LogP contribution in [0.2, 0.25) is 0 Å². The van der Waals surface area contributed by atoms with Crippen LogP contribution in [0.15, 0.2) is 52.2 Å². The van der Waals surface area contributed by atoms with Crippen molar-refractivity contribution in [1.29, 1.82) is 0 Å². The van der Waals surface area contributed by atoms with Gasteiger partial charge in [0.2, 0.25) is 17.5 Å². The summed E-state index contributed by atoms with van der Waals surface area (Å²) in [5.74, 6) is -4.21. The molecule has 0 spiro atoms. The predicted molar refractivity (Wildman–Crippen MR) is 151 cm³/mol. The molecule has 0 radical (unpaired) electrons. The molecule has 7 aliphatic rings. The van der Waals surface area contributed by atoms with E-state index >= 15 is 0 Å². The van der Waals surface area contributed by atoms with Crippen LogP contribution in [0.25, 0.3) is 0 Å². The number of aliphatic hydroxyl groups is 1. The summed E-state index contributed by atoms with van der Waals surface area (Å²) in [4.78, 5) is 51.6. The fourth-order valence-corrected chi connectivity index (χ4v) is 8.12. The van der Waals surface area contributed by atoms with Gasteiger partial charge in [-0.2, -0.15) is 0 Å². The molecular weight excluding hydrogens is 522 g/mol. The van der Waals surface area contributed by atoms with E-state index in [1.807, 2.05) is 45.3 Å². The van der Waals surface area contributed by atoms with Gasteiger partial charge in [0, 0.05) is 37.2 Å². The van der Waals surface area contributed by atoms with Crippen molar-refractivity contribution >= 4 is 23.4 Å². The van der Waals surface area contributed by atoms with E-state index in [0.717, 1.165) is 17.7 Å². The van der Waals surface area contributed by atoms with Crippen molar-refractivity contribution in [2.75, 3.05) is 20.1 Å². The minimum Gasteiger partial charge on any atom is -0.347 e. The monoisotopic (exact) mass is 561 g/mol. The molecule has 2 N–H and O–H groups in total. The van der Waals surface area contributed by atoms with E-state index < -0.39 is 41.5 Å². The standard InChI is InChI=1S/C31H39N5O5/c1-16(2)26-28(38)35-11-7-10-24(35)31(40)36(26)29(39)30(41-31,17(3)4)33-27(37)19-12-21-20-8-6-9-22-25(20)18(14-32-22)13-23(21)34(5)15-19/h6,8-9,12,14,16-17,19,23-26,40H,7,10-11,13,15H2,1-5H3,(H,33,37)/t19-,23-,24+,25?,26+,30-,31+/m1/s1. The van der Waals surface area contributed by atoms with Crippen molar-refractivity contribution < 1.29 is 24.2 Å². The number of nitrogens with one attached hydrogen (secondary N) is 1. The highest BCUT2D eigenvalue weighted by Crippen LogP contribution is 2.49. The van der Waals surface area contributed by atoms with E-state index in [1.54, 1.807) is 18.7 Å². The van der Waals surface area contributed by atoms with E-state index in [4.69, 9.17) is 4.74 Å². The first-order valence-corrected chi connectivity index (χ1v) is 14.9. The third-order valence-corrected chi connectivity index (χ3v) is 10.2. The number of carbonyl (C=O) groups is 3. The normalized spacial score (nSPS) is 39.3. The molecule has 5 heterocycles. The molecule has 10 nitrogen and oxygen atoms in total. The molecule has 3 amide bonds. The van der Waals surface area contributed by atoms with Gasteiger partial charge >= 0.3 is 0 Å². The van der Waals surface area contributed by atoms with Crippen molar-refractivity contribution in [3.63, 3.8) is 0 Å². The maximum atomic E-state index is 14.3. The summed E-state index contributed by atoms with van der Waals surface area (Å²) >= 11 is 0. The lowest BCUT2D eigenvalue weighted by Crippen LogP contribution is -2.72. The topological polar surface area (TPSA) is 115 Å². The Morgan fingerprint density at radius 1 is 1.22 bits per heavy atom. The van der Waals surface area contributed by atoms with Gasteiger partial charge in [0.1, 0.15) is 12.1 Å². The van der Waals surface area contributed by atoms with Crippen LogP contribution in [0.3, 0.4) is 0 Å². The van der Waals surface area contributed by atoms with Crippen LogP contribution in [0.5, 0.6) is 0 Å². The zero-order chi connectivity index (χ0) is 29.0. The number of ether oxygens (including phenoxy) is 1. The van der Waals surface area contributed by atoms with Crippen molar-refractivity contribution in [1.82, 2.24) is 20.0 Å². The number of aliphatic imine (C=N–C) groups is 1. The zero-order valence-corrected chi connectivity index (χ0v) is 24.3. The van der Waals surface area contributed by atoms with Gasteiger partial charge < -0.3 is 15.3 Å². The van der Waals surface area contributed by atoms with Crippen LogP contribution in [0, 0.1) is 23.7 Å². The summed E-state index contributed by atoms with van der Waals surface area (Å²) in [6, 6.07) is -1.40. The second-order valence-corrected chi connectivity index (χ2v) is 13.3. The maximum absolute atomic E-state index is 14.3. The molecule has 0 bridgehead atoms. The highest BCUT2D eigenvalue weighted by atomic mass is 16.7. The maximum Gasteiger partial charge on any atom is 0.281 e. The summed E-state index contributed by atoms with van der Waals surface area (Å²) in [5, 5.41) is 15.0. The first-order chi connectivity index (χ1) is 19.5. The predicted octanol–water partition coefficient (Wildman–Crippen LogP) is 1.70. The molecule has 1 unspecified atom stereocenters. The number of rotatable bonds is 4. The Bertz CT molecular complexity index is 1390. The van der Waals surface area contributed by atoms with E-state index in [1.165, 1.54) is 16.0 Å². The lowest BCUT2D eigenvalue weighted by atomic mass is 9.69. The smallest absolute Gasteiger partial charge is 0.281 e. The molecule has 0 aromatic rings. The zero-order valence-electron chi connectivity index (χ0n) is 24.3. The molecular formula is C31H39N5O5. The van der Waals surface area contributed by atoms with Crippen LogP contribution in [0.1, 0.15) is 47.0 Å². The second kappa shape index (κ2) is 8.96. The Balaban J connectivity index is 1.23. The van der Waals surface area contributed by atoms with Gasteiger partial charge in [-0.15, -0.1) is 0 Å². The van der Waals surface area contributed by atoms with Gasteiger partial charge in [-0.3, -0.25) is 33.9 Å². The van der Waals surface area contributed by atoms with Crippen LogP contribution < -0.4 is 5.32 Å². The highest BCUT2D eigenvalue weighted by molar-refractivity contribution is 6.05. The molecule has 41 heavy (non-hydrogen) atoms. The van der Waals surface area contributed by atoms with E-state index in [0.29, 0.717) is 25.9 Å². The van der Waals surface area contributed by atoms with Crippen LogP contribution in [-0.2, 0) is 19.1 Å². The molecule has 10 heteroatoms. The van der Waals surface area contributed by atoms with Gasteiger partial charge in [0.25, 0.3) is 11.8 Å². The fourth-order valence-electron chi connectivity index (χ4n) is 8.12. The van der Waals surface area contributed by atoms with Gasteiger partial charge in [0.15, 0.2) is 0 Å². The Morgan fingerprint density at radius 2 is 2.00 bits per heavy atom. The number of carbonyl (C=O) groups excluding carboxylic acids is 3. The fraction of sp³-hybridized carbons (Fsp3) is 0.613. The first kappa shape index (κ1) is 26.8. The van der Waals surface area contributed by atoms with Gasteiger partial charge in [-0.1, -0.05) is 45.9 Å². The Labute approximate surface area is 240 Å². The average molecular weight is 562 g/mol. The molecule has 4 fully saturated rings. The number of piperazine rings is 1. The van der Waals surface area contributed by atoms with E-state index in [-0.39, 0.29) is 29.7 Å². The summed E-state index contributed by atoms with van der Waals surface area (Å²) in [7, 11) is 2.03. The summed E-state index contributed by atoms with van der Waals surface area (Å²) in [6.45, 7) is 8.32. The Morgan fingerprint density at radius 3 is 2.73 bits per heavy atom. The average Bonchev–Trinajstić information content (AvgIpc) is 3.64. The van der Waals surface area contributed by atoms with Crippen LogP contribution >= 0.6 is 0 Å². The SMILES string of the molecule is CC(C)[C@H]1C(=O)N2CCC[C@H]2[C@]2(O)O[C@](NC(=O)[C@@H]3C=C4C5=CC=CC6=NC=C(C[C@H]4N(C)C3)C56)(C(C)C)C(=O)N12. The minimum absolute atomic E-state index is 0.143. The quantitative estimate of drug-likeness (QED) is 0.540. The molecule has 1 saturated carbocycles. The number of hydrogen-bond donors (Lipinski definition) is 2. The molecule has 218 valence electrons. The van der Waals surface area contributed by atoms with Crippen molar-refractivity contribution in [3.05, 3.63) is 47.2 Å². The lowest BCUT2D eigenvalue weighted by molar-refractivity contribution is -0.323. The van der Waals surface area contributed by atoms with Crippen LogP contribution in [0.4, 0.5) is 0 Å². The number of nitrogens with zero attached hydrogens (tertiary/aromatic N) is 4. The van der Waals surface area contributed by atoms with Crippen molar-refractivity contribution in [3.8, 4) is 0 Å². The van der Waals surface area contributed by atoms with Crippen molar-refractivity contribution in [2.45, 2.75) is 76.7 Å². The van der Waals surface area contributed by atoms with Gasteiger partial charge in [0.05, 0.1) is 11.6 Å². The van der Waals surface area contributed by atoms with E-state index in [2.05, 4.69) is 21.3 Å². The molecule has 0 aromatic heterocycles. The lowest BCUT2D eigenvalue weighted by Gasteiger charge is -2.49. The first-order valence-electron chi connectivity index (χ1n) is 14.9. The Hall–Kier alpha value is -3.08. The molecule has 3 saturated heterocycles. The van der Waals surface area contributed by atoms with Crippen LogP contribution in [-0.4, -0.2) is 93.1 Å². The van der Waals surface area contributed by atoms with Gasteiger partial charge in [-0.05, 0) is 55.0 Å². The summed E-state index contributed by atoms with van der Waals surface area (Å²) < 4.78 is 6.40. The molecule has 2 aliphatic carbocycles. The number of allylic oxidation sites excluding steroid dienone is 3. The molecule has 7 atom stereocenters. The largest absolute Gasteiger partial charge is 0.347 e. The summed E-state index contributed by atoms with van der Waals surface area (Å²) in [6.07, 6.45) is 12.3. The molecule has 0 aromatic carbocycles. The number of amides is 3.